The third-order valence-electron chi connectivity index (χ3n) is 3.72. The first kappa shape index (κ1) is 10.7. The average Bonchev–Trinajstić information content (AvgIpc) is 2.59. The Balaban J connectivity index is 2.30. The van der Waals surface area contributed by atoms with E-state index in [9.17, 15) is 5.11 Å². The molecular weight excluding hydrogens is 188 g/mol. The van der Waals surface area contributed by atoms with Crippen LogP contribution >= 0.6 is 0 Å². The predicted octanol–water partition coefficient (Wildman–Crippen LogP) is 2.06. The summed E-state index contributed by atoms with van der Waals surface area (Å²) >= 11 is 0. The minimum Gasteiger partial charge on any atom is -0.383 e. The lowest BCUT2D eigenvalue weighted by molar-refractivity contribution is -0.0664. The Kier molecular flexibility index (Phi) is 2.59. The van der Waals surface area contributed by atoms with Gasteiger partial charge in [0.1, 0.15) is 5.60 Å². The van der Waals surface area contributed by atoms with Gasteiger partial charge in [0.05, 0.1) is 5.69 Å². The smallest absolute Gasteiger partial charge is 0.111 e. The molecule has 1 aromatic rings. The number of rotatable bonds is 1. The Hall–Kier alpha value is -0.830. The highest BCUT2D eigenvalue weighted by molar-refractivity contribution is 5.13. The lowest BCUT2D eigenvalue weighted by Crippen LogP contribution is -2.39. The molecule has 0 saturated heterocycles. The molecule has 1 heterocycles. The van der Waals surface area contributed by atoms with Crippen molar-refractivity contribution < 1.29 is 5.11 Å². The molecule has 0 radical (unpaired) electrons. The summed E-state index contributed by atoms with van der Waals surface area (Å²) in [5.74, 6) is 0.900. The Labute approximate surface area is 91.1 Å². The maximum absolute atomic E-state index is 10.7. The zero-order valence-electron chi connectivity index (χ0n) is 9.77. The highest BCUT2D eigenvalue weighted by atomic mass is 16.3. The first-order valence-corrected chi connectivity index (χ1v) is 5.75. The summed E-state index contributed by atoms with van der Waals surface area (Å²) in [6.45, 7) is 4.33. The monoisotopic (exact) mass is 208 g/mol. The lowest BCUT2D eigenvalue weighted by Gasteiger charge is -2.39. The van der Waals surface area contributed by atoms with Crippen LogP contribution in [0.3, 0.4) is 0 Å². The van der Waals surface area contributed by atoms with Crippen LogP contribution in [0.2, 0.25) is 0 Å². The number of aliphatic hydroxyl groups is 1. The highest BCUT2D eigenvalue weighted by Gasteiger charge is 2.41. The van der Waals surface area contributed by atoms with Crippen molar-refractivity contribution in [1.82, 2.24) is 9.78 Å². The van der Waals surface area contributed by atoms with Crippen LogP contribution in [0.5, 0.6) is 0 Å². The van der Waals surface area contributed by atoms with E-state index in [0.717, 1.165) is 18.5 Å². The molecule has 3 atom stereocenters. The quantitative estimate of drug-likeness (QED) is 0.767. The van der Waals surface area contributed by atoms with Crippen LogP contribution in [0.25, 0.3) is 0 Å². The molecule has 0 aliphatic heterocycles. The second-order valence-electron chi connectivity index (χ2n) is 5.09. The standard InChI is InChI=1S/C12H20N2O/c1-9-4-5-10(2)12(15,8-9)11-6-7-14(3)13-11/h6-7,9-10,15H,4-5,8H2,1-3H3. The van der Waals surface area contributed by atoms with Crippen molar-refractivity contribution >= 4 is 0 Å². The van der Waals surface area contributed by atoms with E-state index in [-0.39, 0.29) is 0 Å². The van der Waals surface area contributed by atoms with E-state index in [1.807, 2.05) is 19.3 Å². The summed E-state index contributed by atoms with van der Waals surface area (Å²) in [6.07, 6.45) is 5.05. The van der Waals surface area contributed by atoms with Crippen molar-refractivity contribution in [2.75, 3.05) is 0 Å². The van der Waals surface area contributed by atoms with Gasteiger partial charge in [0.2, 0.25) is 0 Å². The van der Waals surface area contributed by atoms with Gasteiger partial charge in [-0.1, -0.05) is 20.3 Å². The molecule has 1 N–H and O–H groups in total. The van der Waals surface area contributed by atoms with Gasteiger partial charge in [-0.15, -0.1) is 0 Å². The Morgan fingerprint density at radius 1 is 1.47 bits per heavy atom. The summed E-state index contributed by atoms with van der Waals surface area (Å²) in [4.78, 5) is 0. The molecule has 3 unspecified atom stereocenters. The molecule has 3 heteroatoms. The Morgan fingerprint density at radius 2 is 2.20 bits per heavy atom. The van der Waals surface area contributed by atoms with Crippen LogP contribution in [0, 0.1) is 11.8 Å². The molecule has 0 bridgehead atoms. The van der Waals surface area contributed by atoms with Gasteiger partial charge in [-0.25, -0.2) is 0 Å². The second kappa shape index (κ2) is 3.63. The maximum atomic E-state index is 10.7. The van der Waals surface area contributed by atoms with Crippen molar-refractivity contribution in [2.45, 2.75) is 38.7 Å². The highest BCUT2D eigenvalue weighted by Crippen LogP contribution is 2.42. The molecule has 0 amide bonds. The normalized spacial score (nSPS) is 36.8. The summed E-state index contributed by atoms with van der Waals surface area (Å²) in [6, 6.07) is 1.94. The van der Waals surface area contributed by atoms with E-state index in [4.69, 9.17) is 0 Å². The minimum atomic E-state index is -0.709. The largest absolute Gasteiger partial charge is 0.383 e. The lowest BCUT2D eigenvalue weighted by atomic mass is 9.70. The molecule has 84 valence electrons. The molecule has 1 aromatic heterocycles. The van der Waals surface area contributed by atoms with Gasteiger partial charge in [0.25, 0.3) is 0 Å². The number of aromatic nitrogens is 2. The van der Waals surface area contributed by atoms with E-state index in [0.29, 0.717) is 11.8 Å². The first-order chi connectivity index (χ1) is 7.02. The summed E-state index contributed by atoms with van der Waals surface area (Å²) in [5.41, 5.74) is 0.128. The van der Waals surface area contributed by atoms with Gasteiger partial charge in [-0.3, -0.25) is 4.68 Å². The molecule has 1 aliphatic carbocycles. The van der Waals surface area contributed by atoms with Gasteiger partial charge in [-0.05, 0) is 30.7 Å². The van der Waals surface area contributed by atoms with Crippen LogP contribution in [-0.4, -0.2) is 14.9 Å². The molecule has 1 fully saturated rings. The molecule has 0 spiro atoms. The third-order valence-corrected chi connectivity index (χ3v) is 3.72. The minimum absolute atomic E-state index is 0.309. The number of nitrogens with zero attached hydrogens (tertiary/aromatic N) is 2. The third kappa shape index (κ3) is 1.81. The van der Waals surface area contributed by atoms with Gasteiger partial charge >= 0.3 is 0 Å². The van der Waals surface area contributed by atoms with Crippen molar-refractivity contribution in [3.05, 3.63) is 18.0 Å². The van der Waals surface area contributed by atoms with E-state index >= 15 is 0 Å². The zero-order valence-corrected chi connectivity index (χ0v) is 9.77. The van der Waals surface area contributed by atoms with E-state index < -0.39 is 5.60 Å². The zero-order chi connectivity index (χ0) is 11.1. The van der Waals surface area contributed by atoms with Crippen molar-refractivity contribution in [3.63, 3.8) is 0 Å². The van der Waals surface area contributed by atoms with Crippen molar-refractivity contribution in [2.24, 2.45) is 18.9 Å². The van der Waals surface area contributed by atoms with Gasteiger partial charge in [-0.2, -0.15) is 5.10 Å². The molecule has 1 aliphatic rings. The van der Waals surface area contributed by atoms with Crippen LogP contribution < -0.4 is 0 Å². The van der Waals surface area contributed by atoms with Crippen molar-refractivity contribution in [3.8, 4) is 0 Å². The topological polar surface area (TPSA) is 38.0 Å². The fourth-order valence-corrected chi connectivity index (χ4v) is 2.61. The van der Waals surface area contributed by atoms with E-state index in [1.165, 1.54) is 6.42 Å². The van der Waals surface area contributed by atoms with Gasteiger partial charge in [0, 0.05) is 13.2 Å². The van der Waals surface area contributed by atoms with Gasteiger partial charge in [0.15, 0.2) is 0 Å². The van der Waals surface area contributed by atoms with Crippen molar-refractivity contribution in [1.29, 1.82) is 0 Å². The Morgan fingerprint density at radius 3 is 2.80 bits per heavy atom. The molecule has 1 saturated carbocycles. The van der Waals surface area contributed by atoms with E-state index in [1.54, 1.807) is 4.68 Å². The molecule has 2 rings (SSSR count). The molecule has 0 aromatic carbocycles. The van der Waals surface area contributed by atoms with E-state index in [2.05, 4.69) is 18.9 Å². The summed E-state index contributed by atoms with van der Waals surface area (Å²) in [7, 11) is 1.89. The number of hydrogen-bond donors (Lipinski definition) is 1. The fourth-order valence-electron chi connectivity index (χ4n) is 2.61. The maximum Gasteiger partial charge on any atom is 0.111 e. The average molecular weight is 208 g/mol. The second-order valence-corrected chi connectivity index (χ2v) is 5.09. The van der Waals surface area contributed by atoms with Gasteiger partial charge < -0.3 is 5.11 Å². The molecule has 3 nitrogen and oxygen atoms in total. The number of hydrogen-bond acceptors (Lipinski definition) is 2. The molecular formula is C12H20N2O. The summed E-state index contributed by atoms with van der Waals surface area (Å²) in [5, 5.41) is 15.1. The van der Waals surface area contributed by atoms with Crippen LogP contribution in [0.15, 0.2) is 12.3 Å². The summed E-state index contributed by atoms with van der Waals surface area (Å²) < 4.78 is 1.76. The predicted molar refractivity (Wildman–Crippen MR) is 59.3 cm³/mol. The van der Waals surface area contributed by atoms with Crippen LogP contribution in [-0.2, 0) is 12.6 Å². The Bertz CT molecular complexity index is 347. The fraction of sp³-hybridized carbons (Fsp3) is 0.750. The molecule has 15 heavy (non-hydrogen) atoms. The van der Waals surface area contributed by atoms with Crippen LogP contribution in [0.1, 0.15) is 38.8 Å². The first-order valence-electron chi connectivity index (χ1n) is 5.75. The number of aryl methyl sites for hydroxylation is 1. The van der Waals surface area contributed by atoms with Crippen LogP contribution in [0.4, 0.5) is 0 Å². The SMILES string of the molecule is CC1CCC(C)C(O)(c2ccn(C)n2)C1.